The maximum atomic E-state index is 12.7. The highest BCUT2D eigenvalue weighted by Crippen LogP contribution is 2.32. The predicted molar refractivity (Wildman–Crippen MR) is 83.2 cm³/mol. The largest absolute Gasteiger partial charge is 0.352 e. The molecule has 2 fully saturated rings. The first-order valence-electron chi connectivity index (χ1n) is 8.46. The van der Waals surface area contributed by atoms with Crippen molar-refractivity contribution in [2.24, 2.45) is 0 Å². The number of amides is 4. The summed E-state index contributed by atoms with van der Waals surface area (Å²) in [6.07, 6.45) is 7.13. The van der Waals surface area contributed by atoms with Crippen LogP contribution in [0.25, 0.3) is 0 Å². The number of carbonyl (C=O) groups is 3. The molecule has 0 bridgehead atoms. The van der Waals surface area contributed by atoms with E-state index in [1.165, 1.54) is 0 Å². The van der Waals surface area contributed by atoms with Crippen molar-refractivity contribution in [2.45, 2.75) is 76.8 Å². The number of hydrogen-bond donors (Lipinski definition) is 2. The van der Waals surface area contributed by atoms with Crippen LogP contribution in [0.15, 0.2) is 0 Å². The van der Waals surface area contributed by atoms with Crippen LogP contribution in [0.1, 0.15) is 65.2 Å². The molecule has 1 saturated carbocycles. The molecule has 2 aliphatic rings. The van der Waals surface area contributed by atoms with E-state index in [2.05, 4.69) is 10.6 Å². The minimum atomic E-state index is -0.761. The highest BCUT2D eigenvalue weighted by molar-refractivity contribution is 6.09. The van der Waals surface area contributed by atoms with Crippen molar-refractivity contribution in [1.82, 2.24) is 15.5 Å². The lowest BCUT2D eigenvalue weighted by atomic mass is 9.90. The van der Waals surface area contributed by atoms with Crippen molar-refractivity contribution in [3.8, 4) is 0 Å². The standard InChI is InChI=1S/C16H27N3O3/c1-3-12(4-2)17-13(20)11-19-14(21)16(18-15(19)22)9-7-5-6-8-10-16/h12H,3-11H2,1-2H3,(H,17,20)(H,18,22). The summed E-state index contributed by atoms with van der Waals surface area (Å²) in [6, 6.07) is -0.327. The number of imide groups is 1. The molecule has 0 unspecified atom stereocenters. The van der Waals surface area contributed by atoms with E-state index in [4.69, 9.17) is 0 Å². The van der Waals surface area contributed by atoms with E-state index >= 15 is 0 Å². The molecule has 1 aliphatic carbocycles. The third kappa shape index (κ3) is 3.42. The molecule has 1 aliphatic heterocycles. The molecule has 2 N–H and O–H groups in total. The van der Waals surface area contributed by atoms with Crippen molar-refractivity contribution < 1.29 is 14.4 Å². The van der Waals surface area contributed by atoms with Gasteiger partial charge < -0.3 is 10.6 Å². The normalized spacial score (nSPS) is 21.1. The van der Waals surface area contributed by atoms with Crippen LogP contribution in [-0.4, -0.2) is 40.9 Å². The van der Waals surface area contributed by atoms with E-state index < -0.39 is 11.6 Å². The van der Waals surface area contributed by atoms with Crippen LogP contribution in [0.5, 0.6) is 0 Å². The molecule has 6 heteroatoms. The second kappa shape index (κ2) is 7.11. The number of urea groups is 1. The SMILES string of the molecule is CCC(CC)NC(=O)CN1C(=O)NC2(CCCCCC2)C1=O. The molecule has 0 aromatic heterocycles. The third-order valence-electron chi connectivity index (χ3n) is 4.86. The van der Waals surface area contributed by atoms with Crippen LogP contribution in [0, 0.1) is 0 Å². The van der Waals surface area contributed by atoms with Crippen LogP contribution in [0.2, 0.25) is 0 Å². The van der Waals surface area contributed by atoms with Gasteiger partial charge in [-0.3, -0.25) is 14.5 Å². The van der Waals surface area contributed by atoms with Crippen molar-refractivity contribution in [2.75, 3.05) is 6.54 Å². The summed E-state index contributed by atoms with van der Waals surface area (Å²) >= 11 is 0. The van der Waals surface area contributed by atoms with E-state index in [0.29, 0.717) is 12.8 Å². The Hall–Kier alpha value is -1.59. The molecule has 4 amide bonds. The first kappa shape index (κ1) is 16.8. The van der Waals surface area contributed by atoms with Gasteiger partial charge in [0.05, 0.1) is 0 Å². The quantitative estimate of drug-likeness (QED) is 0.762. The zero-order chi connectivity index (χ0) is 16.2. The molecule has 1 saturated heterocycles. The first-order chi connectivity index (χ1) is 10.5. The summed E-state index contributed by atoms with van der Waals surface area (Å²) in [6.45, 7) is 3.83. The second-order valence-corrected chi connectivity index (χ2v) is 6.40. The Morgan fingerprint density at radius 3 is 2.32 bits per heavy atom. The number of rotatable bonds is 5. The Morgan fingerprint density at radius 1 is 1.18 bits per heavy atom. The number of carbonyl (C=O) groups excluding carboxylic acids is 3. The molecule has 22 heavy (non-hydrogen) atoms. The Labute approximate surface area is 132 Å². The zero-order valence-electron chi connectivity index (χ0n) is 13.6. The van der Waals surface area contributed by atoms with Gasteiger partial charge in [-0.15, -0.1) is 0 Å². The monoisotopic (exact) mass is 309 g/mol. The van der Waals surface area contributed by atoms with E-state index in [0.717, 1.165) is 43.4 Å². The molecule has 0 atom stereocenters. The van der Waals surface area contributed by atoms with Crippen LogP contribution < -0.4 is 10.6 Å². The average molecular weight is 309 g/mol. The van der Waals surface area contributed by atoms with E-state index in [-0.39, 0.29) is 24.4 Å². The molecule has 1 heterocycles. The number of nitrogens with one attached hydrogen (secondary N) is 2. The van der Waals surface area contributed by atoms with Gasteiger partial charge in [-0.1, -0.05) is 39.5 Å². The predicted octanol–water partition coefficient (Wildman–Crippen LogP) is 1.94. The average Bonchev–Trinajstić information content (AvgIpc) is 2.68. The fraction of sp³-hybridized carbons (Fsp3) is 0.812. The van der Waals surface area contributed by atoms with Gasteiger partial charge in [0.2, 0.25) is 5.91 Å². The lowest BCUT2D eigenvalue weighted by Crippen LogP contribution is -2.47. The summed E-state index contributed by atoms with van der Waals surface area (Å²) in [4.78, 5) is 38.0. The van der Waals surface area contributed by atoms with Crippen molar-refractivity contribution >= 4 is 17.8 Å². The molecule has 2 rings (SSSR count). The fourth-order valence-corrected chi connectivity index (χ4v) is 3.40. The Balaban J connectivity index is 2.01. The molecule has 6 nitrogen and oxygen atoms in total. The van der Waals surface area contributed by atoms with Crippen LogP contribution >= 0.6 is 0 Å². The Bertz CT molecular complexity index is 438. The maximum absolute atomic E-state index is 12.7. The van der Waals surface area contributed by atoms with Crippen molar-refractivity contribution in [1.29, 1.82) is 0 Å². The smallest absolute Gasteiger partial charge is 0.325 e. The number of nitrogens with zero attached hydrogens (tertiary/aromatic N) is 1. The molecule has 1 spiro atoms. The highest BCUT2D eigenvalue weighted by atomic mass is 16.2. The zero-order valence-corrected chi connectivity index (χ0v) is 13.6. The van der Waals surface area contributed by atoms with Gasteiger partial charge in [0.25, 0.3) is 5.91 Å². The van der Waals surface area contributed by atoms with Crippen LogP contribution in [-0.2, 0) is 9.59 Å². The minimum absolute atomic E-state index is 0.0973. The van der Waals surface area contributed by atoms with Gasteiger partial charge in [-0.2, -0.15) is 0 Å². The summed E-state index contributed by atoms with van der Waals surface area (Å²) in [7, 11) is 0. The van der Waals surface area contributed by atoms with Crippen LogP contribution in [0.4, 0.5) is 4.79 Å². The van der Waals surface area contributed by atoms with E-state index in [1.54, 1.807) is 0 Å². The second-order valence-electron chi connectivity index (χ2n) is 6.40. The van der Waals surface area contributed by atoms with Gasteiger partial charge >= 0.3 is 6.03 Å². The fourth-order valence-electron chi connectivity index (χ4n) is 3.40. The van der Waals surface area contributed by atoms with Crippen LogP contribution in [0.3, 0.4) is 0 Å². The maximum Gasteiger partial charge on any atom is 0.325 e. The molecular weight excluding hydrogens is 282 g/mol. The molecular formula is C16H27N3O3. The van der Waals surface area contributed by atoms with E-state index in [1.807, 2.05) is 13.8 Å². The molecule has 0 aromatic carbocycles. The van der Waals surface area contributed by atoms with Gasteiger partial charge in [-0.25, -0.2) is 4.79 Å². The molecule has 0 radical (unpaired) electrons. The summed E-state index contributed by atoms with van der Waals surface area (Å²) in [5.41, 5.74) is -0.761. The Morgan fingerprint density at radius 2 is 1.77 bits per heavy atom. The van der Waals surface area contributed by atoms with Gasteiger partial charge in [0.15, 0.2) is 0 Å². The molecule has 124 valence electrons. The van der Waals surface area contributed by atoms with Gasteiger partial charge in [-0.05, 0) is 25.7 Å². The van der Waals surface area contributed by atoms with E-state index in [9.17, 15) is 14.4 Å². The topological polar surface area (TPSA) is 78.5 Å². The van der Waals surface area contributed by atoms with Crippen molar-refractivity contribution in [3.63, 3.8) is 0 Å². The number of hydrogen-bond acceptors (Lipinski definition) is 3. The van der Waals surface area contributed by atoms with Gasteiger partial charge in [0.1, 0.15) is 12.1 Å². The summed E-state index contributed by atoms with van der Waals surface area (Å²) in [5, 5.41) is 5.73. The first-order valence-corrected chi connectivity index (χ1v) is 8.46. The summed E-state index contributed by atoms with van der Waals surface area (Å²) < 4.78 is 0. The van der Waals surface area contributed by atoms with Crippen molar-refractivity contribution in [3.05, 3.63) is 0 Å². The van der Waals surface area contributed by atoms with Gasteiger partial charge in [0, 0.05) is 6.04 Å². The highest BCUT2D eigenvalue weighted by Gasteiger charge is 2.51. The lowest BCUT2D eigenvalue weighted by Gasteiger charge is -2.24. The third-order valence-corrected chi connectivity index (χ3v) is 4.86. The molecule has 0 aromatic rings. The minimum Gasteiger partial charge on any atom is -0.352 e. The summed E-state index contributed by atoms with van der Waals surface area (Å²) in [5.74, 6) is -0.484. The lowest BCUT2D eigenvalue weighted by molar-refractivity contribution is -0.135. The Kier molecular flexibility index (Phi) is 5.42.